The Morgan fingerprint density at radius 2 is 2.00 bits per heavy atom. The molecular weight excluding hydrogens is 476 g/mol. The molecule has 2 heterocycles. The van der Waals surface area contributed by atoms with Crippen LogP contribution in [0.1, 0.15) is 49.3 Å². The van der Waals surface area contributed by atoms with Crippen LogP contribution < -0.4 is 4.74 Å². The van der Waals surface area contributed by atoms with E-state index in [0.717, 1.165) is 72.6 Å². The number of carboxylic acids is 1. The Labute approximate surface area is 217 Å². The van der Waals surface area contributed by atoms with Gasteiger partial charge in [0.2, 0.25) is 0 Å². The average Bonchev–Trinajstić information content (AvgIpc) is 2.88. The van der Waals surface area contributed by atoms with E-state index in [0.29, 0.717) is 6.42 Å². The number of aromatic nitrogens is 1. The first kappa shape index (κ1) is 26.4. The number of aliphatic hydroxyl groups is 1. The Bertz CT molecular complexity index is 1150. The van der Waals surface area contributed by atoms with Crippen LogP contribution in [0.15, 0.2) is 54.7 Å². The van der Waals surface area contributed by atoms with Crippen molar-refractivity contribution in [1.29, 1.82) is 0 Å². The molecule has 0 aliphatic carbocycles. The van der Waals surface area contributed by atoms with Gasteiger partial charge in [0, 0.05) is 29.6 Å². The smallest absolute Gasteiger partial charge is 0.303 e. The molecule has 2 aromatic carbocycles. The van der Waals surface area contributed by atoms with Crippen LogP contribution in [0.2, 0.25) is 5.02 Å². The highest BCUT2D eigenvalue weighted by atomic mass is 35.5. The third kappa shape index (κ3) is 6.96. The lowest BCUT2D eigenvalue weighted by molar-refractivity contribution is -0.139. The summed E-state index contributed by atoms with van der Waals surface area (Å²) >= 11 is 5.98. The summed E-state index contributed by atoms with van der Waals surface area (Å²) in [6.45, 7) is 2.72. The number of likely N-dealkylation sites (tertiary alicyclic amines) is 1. The van der Waals surface area contributed by atoms with Crippen LogP contribution in [0.5, 0.6) is 5.75 Å². The Morgan fingerprint density at radius 1 is 1.19 bits per heavy atom. The fourth-order valence-electron chi connectivity index (χ4n) is 5.44. The van der Waals surface area contributed by atoms with E-state index in [4.69, 9.17) is 16.3 Å². The highest BCUT2D eigenvalue weighted by molar-refractivity contribution is 6.30. The van der Waals surface area contributed by atoms with Crippen LogP contribution in [0, 0.1) is 11.8 Å². The molecule has 4 rings (SSSR count). The molecule has 2 N–H and O–H groups in total. The summed E-state index contributed by atoms with van der Waals surface area (Å²) in [7, 11) is 1.63. The zero-order chi connectivity index (χ0) is 25.5. The number of methoxy groups -OCH3 is 1. The third-order valence-electron chi connectivity index (χ3n) is 7.42. The molecule has 6 nitrogen and oxygen atoms in total. The van der Waals surface area contributed by atoms with Crippen LogP contribution in [0.4, 0.5) is 0 Å². The number of carboxylic acid groups (broad SMARTS) is 1. The normalized spacial score (nSPS) is 19.3. The Morgan fingerprint density at radius 3 is 2.75 bits per heavy atom. The number of aryl methyl sites for hydroxylation is 1. The van der Waals surface area contributed by atoms with E-state index in [1.807, 2.05) is 36.4 Å². The molecule has 7 heteroatoms. The number of nitrogens with zero attached hydrogens (tertiary/aromatic N) is 2. The molecule has 3 aromatic rings. The lowest BCUT2D eigenvalue weighted by Gasteiger charge is -2.38. The van der Waals surface area contributed by atoms with E-state index >= 15 is 0 Å². The summed E-state index contributed by atoms with van der Waals surface area (Å²) in [5.41, 5.74) is 2.93. The molecule has 0 bridgehead atoms. The van der Waals surface area contributed by atoms with Crippen LogP contribution in [0.3, 0.4) is 0 Å². The van der Waals surface area contributed by atoms with E-state index in [-0.39, 0.29) is 18.3 Å². The van der Waals surface area contributed by atoms with Crippen molar-refractivity contribution in [3.63, 3.8) is 0 Å². The minimum absolute atomic E-state index is 0.0910. The van der Waals surface area contributed by atoms with Gasteiger partial charge in [-0.25, -0.2) is 0 Å². The molecule has 1 aliphatic rings. The maximum Gasteiger partial charge on any atom is 0.303 e. The molecule has 1 unspecified atom stereocenters. The third-order valence-corrected chi connectivity index (χ3v) is 7.67. The van der Waals surface area contributed by atoms with Gasteiger partial charge in [0.15, 0.2) is 0 Å². The van der Waals surface area contributed by atoms with Crippen LogP contribution in [-0.4, -0.2) is 52.8 Å². The summed E-state index contributed by atoms with van der Waals surface area (Å²) in [5.74, 6) is 0.355. The van der Waals surface area contributed by atoms with Gasteiger partial charge in [-0.15, -0.1) is 0 Å². The number of carbonyl (C=O) groups is 1. The number of halogens is 1. The van der Waals surface area contributed by atoms with Gasteiger partial charge in [-0.3, -0.25) is 9.78 Å². The molecule has 0 radical (unpaired) electrons. The zero-order valence-electron chi connectivity index (χ0n) is 20.8. The van der Waals surface area contributed by atoms with E-state index in [2.05, 4.69) is 22.0 Å². The van der Waals surface area contributed by atoms with E-state index in [1.165, 1.54) is 5.56 Å². The SMILES string of the molecule is COc1ccc2nccc(C(O)CC[C@@H]3CCN(CCCc4ccc(Cl)cc4)C[C@@H]3CC(=O)O)c2c1. The molecule has 0 amide bonds. The first-order chi connectivity index (χ1) is 17.4. The first-order valence-corrected chi connectivity index (χ1v) is 13.1. The highest BCUT2D eigenvalue weighted by Gasteiger charge is 2.31. The number of aliphatic hydroxyl groups excluding tert-OH is 1. The predicted octanol–water partition coefficient (Wildman–Crippen LogP) is 5.76. The lowest BCUT2D eigenvalue weighted by Crippen LogP contribution is -2.42. The molecule has 1 aliphatic heterocycles. The minimum atomic E-state index is -0.749. The second-order valence-electron chi connectivity index (χ2n) is 9.81. The average molecular weight is 511 g/mol. The predicted molar refractivity (Wildman–Crippen MR) is 143 cm³/mol. The van der Waals surface area contributed by atoms with Crippen LogP contribution in [0.25, 0.3) is 10.9 Å². The summed E-state index contributed by atoms with van der Waals surface area (Å²) in [5, 5.41) is 22.3. The molecule has 0 spiro atoms. The summed E-state index contributed by atoms with van der Waals surface area (Å²) in [6.07, 6.45) is 5.62. The number of pyridine rings is 1. The summed E-state index contributed by atoms with van der Waals surface area (Å²) in [6, 6.07) is 15.5. The number of rotatable bonds is 11. The van der Waals surface area contributed by atoms with Crippen molar-refractivity contribution in [3.8, 4) is 5.75 Å². The maximum atomic E-state index is 11.6. The maximum absolute atomic E-state index is 11.6. The summed E-state index contributed by atoms with van der Waals surface area (Å²) in [4.78, 5) is 18.4. The van der Waals surface area contributed by atoms with Crippen molar-refractivity contribution in [2.24, 2.45) is 11.8 Å². The largest absolute Gasteiger partial charge is 0.497 e. The number of hydrogen-bond acceptors (Lipinski definition) is 5. The summed E-state index contributed by atoms with van der Waals surface area (Å²) < 4.78 is 5.36. The molecule has 1 aromatic heterocycles. The fourth-order valence-corrected chi connectivity index (χ4v) is 5.57. The van der Waals surface area contributed by atoms with Crippen molar-refractivity contribution >= 4 is 28.5 Å². The van der Waals surface area contributed by atoms with Gasteiger partial charge in [0.1, 0.15) is 5.75 Å². The Balaban J connectivity index is 1.34. The number of hydrogen-bond donors (Lipinski definition) is 2. The number of ether oxygens (including phenoxy) is 1. The van der Waals surface area contributed by atoms with Crippen molar-refractivity contribution in [2.75, 3.05) is 26.7 Å². The van der Waals surface area contributed by atoms with Crippen LogP contribution >= 0.6 is 11.6 Å². The fraction of sp³-hybridized carbons (Fsp3) is 0.448. The van der Waals surface area contributed by atoms with Crippen molar-refractivity contribution in [3.05, 3.63) is 70.9 Å². The van der Waals surface area contributed by atoms with Crippen molar-refractivity contribution in [1.82, 2.24) is 9.88 Å². The quantitative estimate of drug-likeness (QED) is 0.341. The van der Waals surface area contributed by atoms with Gasteiger partial charge in [0.25, 0.3) is 0 Å². The van der Waals surface area contributed by atoms with Gasteiger partial charge in [0.05, 0.1) is 18.7 Å². The standard InChI is InChI=1S/C29H35ClN2O4/c1-36-24-9-10-27-26(18-24)25(12-14-31-27)28(33)11-6-21-13-16-32(19-22(21)17-29(34)35)15-2-3-20-4-7-23(30)8-5-20/h4-5,7-10,12,14,18,21-22,28,33H,2-3,6,11,13,15-17,19H2,1H3,(H,34,35)/t21-,22+,28?/m1/s1. The molecule has 1 saturated heterocycles. The molecule has 36 heavy (non-hydrogen) atoms. The van der Waals surface area contributed by atoms with Gasteiger partial charge in [-0.1, -0.05) is 23.7 Å². The van der Waals surface area contributed by atoms with Crippen molar-refractivity contribution in [2.45, 2.75) is 44.6 Å². The molecule has 0 saturated carbocycles. The van der Waals surface area contributed by atoms with E-state index < -0.39 is 12.1 Å². The van der Waals surface area contributed by atoms with Gasteiger partial charge >= 0.3 is 5.97 Å². The topological polar surface area (TPSA) is 82.9 Å². The van der Waals surface area contributed by atoms with Gasteiger partial charge < -0.3 is 19.8 Å². The molecular formula is C29H35ClN2O4. The number of fused-ring (bicyclic) bond motifs is 1. The highest BCUT2D eigenvalue weighted by Crippen LogP contribution is 2.35. The minimum Gasteiger partial charge on any atom is -0.497 e. The molecule has 192 valence electrons. The second-order valence-corrected chi connectivity index (χ2v) is 10.3. The number of aliphatic carboxylic acids is 1. The van der Waals surface area contributed by atoms with Crippen LogP contribution in [-0.2, 0) is 11.2 Å². The van der Waals surface area contributed by atoms with E-state index in [9.17, 15) is 15.0 Å². The monoisotopic (exact) mass is 510 g/mol. The first-order valence-electron chi connectivity index (χ1n) is 12.7. The zero-order valence-corrected chi connectivity index (χ0v) is 21.5. The molecule has 1 fully saturated rings. The Kier molecular flexibility index (Phi) is 9.19. The number of benzene rings is 2. The van der Waals surface area contributed by atoms with E-state index in [1.54, 1.807) is 13.3 Å². The van der Waals surface area contributed by atoms with Gasteiger partial charge in [-0.2, -0.15) is 0 Å². The Hall–Kier alpha value is -2.67. The van der Waals surface area contributed by atoms with Gasteiger partial charge in [-0.05, 0) is 105 Å². The van der Waals surface area contributed by atoms with Crippen molar-refractivity contribution < 1.29 is 19.7 Å². The second kappa shape index (κ2) is 12.5. The molecule has 3 atom stereocenters. The lowest BCUT2D eigenvalue weighted by atomic mass is 9.79. The number of piperidine rings is 1.